The number of aromatic hydroxyl groups is 1. The molecule has 4 heteroatoms. The van der Waals surface area contributed by atoms with E-state index >= 15 is 0 Å². The SMILES string of the molecule is CC(=O)O.CCCC1(c2cccc(O)c2)CN(C)C1. The Morgan fingerprint density at radius 1 is 1.42 bits per heavy atom. The molecule has 1 saturated heterocycles. The van der Waals surface area contributed by atoms with E-state index in [1.165, 1.54) is 18.4 Å². The topological polar surface area (TPSA) is 60.8 Å². The summed E-state index contributed by atoms with van der Waals surface area (Å²) in [6.07, 6.45) is 2.41. The van der Waals surface area contributed by atoms with E-state index in [0.29, 0.717) is 11.2 Å². The maximum absolute atomic E-state index is 9.52. The van der Waals surface area contributed by atoms with Crippen LogP contribution in [0.4, 0.5) is 0 Å². The molecule has 106 valence electrons. The number of aliphatic carboxylic acids is 1. The number of rotatable bonds is 3. The van der Waals surface area contributed by atoms with Crippen molar-refractivity contribution in [2.24, 2.45) is 0 Å². The predicted octanol–water partition coefficient (Wildman–Crippen LogP) is 2.47. The zero-order valence-electron chi connectivity index (χ0n) is 11.9. The zero-order chi connectivity index (χ0) is 14.5. The Morgan fingerprint density at radius 3 is 2.42 bits per heavy atom. The van der Waals surface area contributed by atoms with Crippen molar-refractivity contribution < 1.29 is 15.0 Å². The molecule has 2 rings (SSSR count). The second-order valence-electron chi connectivity index (χ2n) is 5.27. The fourth-order valence-corrected chi connectivity index (χ4v) is 2.79. The fraction of sp³-hybridized carbons (Fsp3) is 0.533. The van der Waals surface area contributed by atoms with Crippen LogP contribution < -0.4 is 0 Å². The predicted molar refractivity (Wildman–Crippen MR) is 75.5 cm³/mol. The molecule has 0 bridgehead atoms. The first-order valence-corrected chi connectivity index (χ1v) is 6.57. The highest BCUT2D eigenvalue weighted by atomic mass is 16.4. The van der Waals surface area contributed by atoms with E-state index in [9.17, 15) is 5.11 Å². The summed E-state index contributed by atoms with van der Waals surface area (Å²) < 4.78 is 0. The summed E-state index contributed by atoms with van der Waals surface area (Å²) in [6, 6.07) is 7.75. The average Bonchev–Trinajstić information content (AvgIpc) is 2.26. The number of carbonyl (C=O) groups is 1. The number of phenols is 1. The van der Waals surface area contributed by atoms with Crippen LogP contribution >= 0.6 is 0 Å². The van der Waals surface area contributed by atoms with Gasteiger partial charge in [-0.25, -0.2) is 0 Å². The minimum atomic E-state index is -0.833. The molecule has 0 radical (unpaired) electrons. The normalized spacial score (nSPS) is 17.0. The number of carboxylic acid groups (broad SMARTS) is 1. The van der Waals surface area contributed by atoms with Gasteiger partial charge in [0.15, 0.2) is 0 Å². The van der Waals surface area contributed by atoms with Gasteiger partial charge < -0.3 is 15.1 Å². The summed E-state index contributed by atoms with van der Waals surface area (Å²) in [7, 11) is 2.15. The van der Waals surface area contributed by atoms with E-state index in [1.807, 2.05) is 12.1 Å². The number of nitrogens with zero attached hydrogens (tertiary/aromatic N) is 1. The first kappa shape index (κ1) is 15.5. The smallest absolute Gasteiger partial charge is 0.300 e. The average molecular weight is 265 g/mol. The standard InChI is InChI=1S/C13H19NO.C2H4O2/c1-3-7-13(9-14(2)10-13)11-5-4-6-12(15)8-11;1-2(3)4/h4-6,8,15H,3,7,9-10H2,1-2H3;1H3,(H,3,4). The van der Waals surface area contributed by atoms with Crippen LogP contribution in [0, 0.1) is 0 Å². The van der Waals surface area contributed by atoms with E-state index in [-0.39, 0.29) is 0 Å². The fourth-order valence-electron chi connectivity index (χ4n) is 2.79. The van der Waals surface area contributed by atoms with Crippen molar-refractivity contribution in [2.75, 3.05) is 20.1 Å². The lowest BCUT2D eigenvalue weighted by molar-refractivity contribution is -0.134. The maximum Gasteiger partial charge on any atom is 0.300 e. The number of benzene rings is 1. The van der Waals surface area contributed by atoms with Crippen LogP contribution in [0.5, 0.6) is 5.75 Å². The third-order valence-electron chi connectivity index (χ3n) is 3.33. The Kier molecular flexibility index (Phi) is 5.36. The van der Waals surface area contributed by atoms with Gasteiger partial charge in [0.25, 0.3) is 5.97 Å². The Labute approximate surface area is 114 Å². The van der Waals surface area contributed by atoms with E-state index in [0.717, 1.165) is 20.0 Å². The van der Waals surface area contributed by atoms with Crippen LogP contribution in [0.3, 0.4) is 0 Å². The zero-order valence-corrected chi connectivity index (χ0v) is 11.9. The van der Waals surface area contributed by atoms with Gasteiger partial charge >= 0.3 is 0 Å². The molecule has 0 spiro atoms. The Hall–Kier alpha value is -1.55. The molecule has 1 aromatic carbocycles. The van der Waals surface area contributed by atoms with Crippen LogP contribution in [-0.2, 0) is 10.2 Å². The second kappa shape index (κ2) is 6.57. The van der Waals surface area contributed by atoms with Crippen molar-refractivity contribution in [3.8, 4) is 5.75 Å². The van der Waals surface area contributed by atoms with Crippen LogP contribution in [0.15, 0.2) is 24.3 Å². The molecule has 4 nitrogen and oxygen atoms in total. The summed E-state index contributed by atoms with van der Waals surface area (Å²) in [5.74, 6) is -0.447. The summed E-state index contributed by atoms with van der Waals surface area (Å²) in [4.78, 5) is 11.3. The van der Waals surface area contributed by atoms with Crippen molar-refractivity contribution in [3.05, 3.63) is 29.8 Å². The number of likely N-dealkylation sites (tertiary alicyclic amines) is 1. The van der Waals surface area contributed by atoms with E-state index in [4.69, 9.17) is 9.90 Å². The van der Waals surface area contributed by atoms with Gasteiger partial charge in [-0.3, -0.25) is 4.79 Å². The van der Waals surface area contributed by atoms with E-state index in [2.05, 4.69) is 24.9 Å². The maximum atomic E-state index is 9.52. The van der Waals surface area contributed by atoms with Crippen molar-refractivity contribution in [1.29, 1.82) is 0 Å². The first-order valence-electron chi connectivity index (χ1n) is 6.57. The number of carboxylic acids is 1. The molecule has 0 aromatic heterocycles. The largest absolute Gasteiger partial charge is 0.508 e. The Morgan fingerprint density at radius 2 is 2.00 bits per heavy atom. The number of phenolic OH excluding ortho intramolecular Hbond substituents is 1. The van der Waals surface area contributed by atoms with E-state index in [1.54, 1.807) is 6.07 Å². The number of hydrogen-bond donors (Lipinski definition) is 2. The molecule has 1 aliphatic rings. The summed E-state index contributed by atoms with van der Waals surface area (Å²) in [5.41, 5.74) is 1.59. The molecule has 0 aliphatic carbocycles. The molecule has 1 fully saturated rings. The number of likely N-dealkylation sites (N-methyl/N-ethyl adjacent to an activating group) is 1. The minimum Gasteiger partial charge on any atom is -0.508 e. The Bertz CT molecular complexity index is 416. The van der Waals surface area contributed by atoms with Crippen LogP contribution in [-0.4, -0.2) is 41.2 Å². The van der Waals surface area contributed by atoms with Crippen LogP contribution in [0.25, 0.3) is 0 Å². The molecule has 1 aromatic rings. The second-order valence-corrected chi connectivity index (χ2v) is 5.27. The van der Waals surface area contributed by atoms with Gasteiger partial charge in [-0.15, -0.1) is 0 Å². The summed E-state index contributed by atoms with van der Waals surface area (Å²) in [5, 5.41) is 16.9. The molecule has 2 N–H and O–H groups in total. The molecular formula is C15H23NO3. The monoisotopic (exact) mass is 265 g/mol. The third kappa shape index (κ3) is 4.24. The third-order valence-corrected chi connectivity index (χ3v) is 3.33. The highest BCUT2D eigenvalue weighted by molar-refractivity contribution is 5.62. The lowest BCUT2D eigenvalue weighted by Gasteiger charge is -2.49. The molecule has 0 atom stereocenters. The van der Waals surface area contributed by atoms with Gasteiger partial charge in [0.05, 0.1) is 0 Å². The molecule has 0 amide bonds. The van der Waals surface area contributed by atoms with Crippen molar-refractivity contribution in [1.82, 2.24) is 4.90 Å². The molecule has 1 aliphatic heterocycles. The van der Waals surface area contributed by atoms with Crippen molar-refractivity contribution >= 4 is 5.97 Å². The minimum absolute atomic E-state index is 0.294. The van der Waals surface area contributed by atoms with Gasteiger partial charge in [-0.05, 0) is 31.2 Å². The van der Waals surface area contributed by atoms with Crippen LogP contribution in [0.1, 0.15) is 32.3 Å². The van der Waals surface area contributed by atoms with Crippen molar-refractivity contribution in [3.63, 3.8) is 0 Å². The van der Waals surface area contributed by atoms with Crippen molar-refractivity contribution in [2.45, 2.75) is 32.1 Å². The molecule has 1 heterocycles. The summed E-state index contributed by atoms with van der Waals surface area (Å²) in [6.45, 7) is 5.54. The van der Waals surface area contributed by atoms with Gasteiger partial charge in [0.2, 0.25) is 0 Å². The highest BCUT2D eigenvalue weighted by Gasteiger charge is 2.41. The highest BCUT2D eigenvalue weighted by Crippen LogP contribution is 2.38. The molecular weight excluding hydrogens is 242 g/mol. The quantitative estimate of drug-likeness (QED) is 0.881. The van der Waals surface area contributed by atoms with Gasteiger partial charge in [0, 0.05) is 25.4 Å². The Balaban J connectivity index is 0.000000399. The molecule has 0 saturated carbocycles. The lowest BCUT2D eigenvalue weighted by Crippen LogP contribution is -2.57. The number of hydrogen-bond acceptors (Lipinski definition) is 3. The summed E-state index contributed by atoms with van der Waals surface area (Å²) >= 11 is 0. The first-order chi connectivity index (χ1) is 8.89. The molecule has 19 heavy (non-hydrogen) atoms. The van der Waals surface area contributed by atoms with Crippen LogP contribution in [0.2, 0.25) is 0 Å². The molecule has 0 unspecified atom stereocenters. The van der Waals surface area contributed by atoms with Gasteiger partial charge in [-0.1, -0.05) is 25.5 Å². The van der Waals surface area contributed by atoms with Gasteiger partial charge in [0.1, 0.15) is 5.75 Å². The van der Waals surface area contributed by atoms with Gasteiger partial charge in [-0.2, -0.15) is 0 Å². The van der Waals surface area contributed by atoms with E-state index < -0.39 is 5.97 Å². The lowest BCUT2D eigenvalue weighted by atomic mass is 9.71.